The smallest absolute Gasteiger partial charge is 0.242 e. The number of nitrogen functional groups attached to an aromatic ring is 1. The van der Waals surface area contributed by atoms with Gasteiger partial charge in [0.05, 0.1) is 5.69 Å². The number of fused-ring (bicyclic) bond motifs is 1. The first kappa shape index (κ1) is 10.7. The lowest BCUT2D eigenvalue weighted by Crippen LogP contribution is -2.14. The van der Waals surface area contributed by atoms with Crippen molar-refractivity contribution in [3.8, 4) is 11.3 Å². The predicted molar refractivity (Wildman–Crippen MR) is 68.8 cm³/mol. The zero-order valence-electron chi connectivity index (χ0n) is 9.83. The number of hydrogen-bond donors (Lipinski definition) is 2. The molecular formula is C12H12N6. The Balaban J connectivity index is 2.23. The number of aryl methyl sites for hydroxylation is 1. The summed E-state index contributed by atoms with van der Waals surface area (Å²) < 4.78 is 1.59. The molecule has 3 N–H and O–H groups in total. The fourth-order valence-corrected chi connectivity index (χ4v) is 1.84. The molecule has 0 aliphatic rings. The number of benzene rings is 1. The van der Waals surface area contributed by atoms with E-state index in [2.05, 4.69) is 20.5 Å². The average Bonchev–Trinajstić information content (AvgIpc) is 2.82. The molecule has 0 radical (unpaired) electrons. The zero-order valence-corrected chi connectivity index (χ0v) is 9.83. The van der Waals surface area contributed by atoms with Crippen LogP contribution in [-0.2, 0) is 0 Å². The van der Waals surface area contributed by atoms with E-state index < -0.39 is 0 Å². The number of rotatable bonds is 2. The summed E-state index contributed by atoms with van der Waals surface area (Å²) in [6.45, 7) is 1.82. The third-order valence-corrected chi connectivity index (χ3v) is 2.63. The van der Waals surface area contributed by atoms with Gasteiger partial charge in [0.1, 0.15) is 5.82 Å². The van der Waals surface area contributed by atoms with E-state index >= 15 is 0 Å². The van der Waals surface area contributed by atoms with Crippen molar-refractivity contribution >= 4 is 11.6 Å². The fourth-order valence-electron chi connectivity index (χ4n) is 1.84. The molecule has 3 rings (SSSR count). The number of anilines is 1. The summed E-state index contributed by atoms with van der Waals surface area (Å²) in [6, 6.07) is 11.8. The van der Waals surface area contributed by atoms with Crippen LogP contribution >= 0.6 is 0 Å². The van der Waals surface area contributed by atoms with Crippen molar-refractivity contribution in [2.24, 2.45) is 5.84 Å². The van der Waals surface area contributed by atoms with E-state index in [-0.39, 0.29) is 0 Å². The highest BCUT2D eigenvalue weighted by Gasteiger charge is 2.09. The maximum Gasteiger partial charge on any atom is 0.242 e. The minimum Gasteiger partial charge on any atom is -0.292 e. The molecule has 3 aromatic rings. The molecule has 90 valence electrons. The molecule has 0 amide bonds. The van der Waals surface area contributed by atoms with Gasteiger partial charge in [-0.2, -0.15) is 14.6 Å². The van der Waals surface area contributed by atoms with Gasteiger partial charge in [0.15, 0.2) is 5.65 Å². The van der Waals surface area contributed by atoms with Crippen molar-refractivity contribution in [3.63, 3.8) is 0 Å². The largest absolute Gasteiger partial charge is 0.292 e. The van der Waals surface area contributed by atoms with Crippen LogP contribution in [0.25, 0.3) is 16.9 Å². The molecule has 0 unspecified atom stereocenters. The summed E-state index contributed by atoms with van der Waals surface area (Å²) in [5.41, 5.74) is 5.11. The van der Waals surface area contributed by atoms with Crippen LogP contribution in [-0.4, -0.2) is 19.6 Å². The van der Waals surface area contributed by atoms with Crippen molar-refractivity contribution < 1.29 is 0 Å². The molecule has 0 spiro atoms. The zero-order chi connectivity index (χ0) is 12.5. The second-order valence-electron chi connectivity index (χ2n) is 3.90. The topological polar surface area (TPSA) is 81.1 Å². The van der Waals surface area contributed by atoms with E-state index in [9.17, 15) is 0 Å². The summed E-state index contributed by atoms with van der Waals surface area (Å²) in [7, 11) is 0. The lowest BCUT2D eigenvalue weighted by molar-refractivity contribution is 0.872. The molecule has 1 aromatic carbocycles. The van der Waals surface area contributed by atoms with Crippen molar-refractivity contribution in [1.29, 1.82) is 0 Å². The van der Waals surface area contributed by atoms with Crippen LogP contribution in [0.5, 0.6) is 0 Å². The minimum absolute atomic E-state index is 0.472. The standard InChI is InChI=1S/C12H12N6/c1-8-14-11-7-10(9-5-3-2-4-6-9)17-18(11)12(15-8)16-13/h2-7H,13H2,1H3,(H,14,15,16). The van der Waals surface area contributed by atoms with E-state index in [0.29, 0.717) is 17.4 Å². The first-order valence-corrected chi connectivity index (χ1v) is 5.54. The molecular weight excluding hydrogens is 228 g/mol. The Morgan fingerprint density at radius 2 is 1.94 bits per heavy atom. The first-order chi connectivity index (χ1) is 8.78. The number of nitrogens with one attached hydrogen (secondary N) is 1. The molecule has 0 saturated heterocycles. The Bertz CT molecular complexity index is 688. The van der Waals surface area contributed by atoms with Gasteiger partial charge >= 0.3 is 0 Å². The number of nitrogens with two attached hydrogens (primary N) is 1. The number of nitrogens with zero attached hydrogens (tertiary/aromatic N) is 4. The van der Waals surface area contributed by atoms with E-state index in [1.165, 1.54) is 0 Å². The number of hydrazine groups is 1. The highest BCUT2D eigenvalue weighted by Crippen LogP contribution is 2.19. The van der Waals surface area contributed by atoms with Gasteiger partial charge in [0, 0.05) is 11.6 Å². The van der Waals surface area contributed by atoms with Crippen LogP contribution < -0.4 is 11.3 Å². The fraction of sp³-hybridized carbons (Fsp3) is 0.0833. The highest BCUT2D eigenvalue weighted by atomic mass is 15.4. The van der Waals surface area contributed by atoms with Crippen LogP contribution in [0.4, 0.5) is 5.95 Å². The van der Waals surface area contributed by atoms with Crippen LogP contribution in [0, 0.1) is 6.92 Å². The molecule has 0 bridgehead atoms. The lowest BCUT2D eigenvalue weighted by atomic mass is 10.2. The van der Waals surface area contributed by atoms with Crippen LogP contribution in [0.2, 0.25) is 0 Å². The summed E-state index contributed by atoms with van der Waals surface area (Å²) in [6.07, 6.45) is 0. The quantitative estimate of drug-likeness (QED) is 0.522. The highest BCUT2D eigenvalue weighted by molar-refractivity contribution is 5.64. The monoisotopic (exact) mass is 240 g/mol. The lowest BCUT2D eigenvalue weighted by Gasteiger charge is -2.02. The maximum atomic E-state index is 5.43. The second-order valence-corrected chi connectivity index (χ2v) is 3.90. The Morgan fingerprint density at radius 3 is 2.67 bits per heavy atom. The van der Waals surface area contributed by atoms with Crippen LogP contribution in [0.15, 0.2) is 36.4 Å². The van der Waals surface area contributed by atoms with Gasteiger partial charge in [0.2, 0.25) is 5.95 Å². The van der Waals surface area contributed by atoms with E-state index in [1.807, 2.05) is 43.3 Å². The Labute approximate surface area is 103 Å². The molecule has 2 heterocycles. The van der Waals surface area contributed by atoms with Gasteiger partial charge in [-0.05, 0) is 6.92 Å². The molecule has 6 heteroatoms. The van der Waals surface area contributed by atoms with Crippen molar-refractivity contribution in [2.75, 3.05) is 5.43 Å². The van der Waals surface area contributed by atoms with E-state index in [1.54, 1.807) is 4.52 Å². The predicted octanol–water partition coefficient (Wildman–Crippen LogP) is 1.39. The SMILES string of the molecule is Cc1nc(NN)n2nc(-c3ccccc3)cc2n1. The van der Waals surface area contributed by atoms with Gasteiger partial charge in [-0.25, -0.2) is 10.8 Å². The number of hydrogen-bond acceptors (Lipinski definition) is 5. The molecule has 0 atom stereocenters. The summed E-state index contributed by atoms with van der Waals surface area (Å²) >= 11 is 0. The number of aromatic nitrogens is 4. The molecule has 2 aromatic heterocycles. The molecule has 18 heavy (non-hydrogen) atoms. The maximum absolute atomic E-state index is 5.43. The van der Waals surface area contributed by atoms with Gasteiger partial charge in [-0.1, -0.05) is 30.3 Å². The molecule has 0 fully saturated rings. The normalized spacial score (nSPS) is 10.8. The van der Waals surface area contributed by atoms with Crippen molar-refractivity contribution in [2.45, 2.75) is 6.92 Å². The third-order valence-electron chi connectivity index (χ3n) is 2.63. The summed E-state index contributed by atoms with van der Waals surface area (Å²) in [5.74, 6) is 6.55. The van der Waals surface area contributed by atoms with Crippen molar-refractivity contribution in [3.05, 3.63) is 42.2 Å². The average molecular weight is 240 g/mol. The van der Waals surface area contributed by atoms with E-state index in [4.69, 9.17) is 5.84 Å². The Hall–Kier alpha value is -2.47. The van der Waals surface area contributed by atoms with E-state index in [0.717, 1.165) is 11.3 Å². The summed E-state index contributed by atoms with van der Waals surface area (Å²) in [4.78, 5) is 8.50. The first-order valence-electron chi connectivity index (χ1n) is 5.54. The van der Waals surface area contributed by atoms with Crippen LogP contribution in [0.1, 0.15) is 5.82 Å². The second kappa shape index (κ2) is 4.08. The summed E-state index contributed by atoms with van der Waals surface area (Å²) in [5, 5.41) is 4.44. The van der Waals surface area contributed by atoms with Crippen molar-refractivity contribution in [1.82, 2.24) is 19.6 Å². The molecule has 6 nitrogen and oxygen atoms in total. The van der Waals surface area contributed by atoms with Gasteiger partial charge in [-0.3, -0.25) is 5.43 Å². The third kappa shape index (κ3) is 1.68. The molecule has 0 aliphatic heterocycles. The molecule has 0 saturated carbocycles. The molecule has 0 aliphatic carbocycles. The van der Waals surface area contributed by atoms with Gasteiger partial charge < -0.3 is 0 Å². The minimum atomic E-state index is 0.472. The Kier molecular flexibility index (Phi) is 2.42. The van der Waals surface area contributed by atoms with Gasteiger partial charge in [0.25, 0.3) is 0 Å². The van der Waals surface area contributed by atoms with Crippen LogP contribution in [0.3, 0.4) is 0 Å². The Morgan fingerprint density at radius 1 is 1.17 bits per heavy atom. The van der Waals surface area contributed by atoms with Gasteiger partial charge in [-0.15, -0.1) is 0 Å².